The van der Waals surface area contributed by atoms with Gasteiger partial charge in [0.2, 0.25) is 15.9 Å². The molecule has 0 unspecified atom stereocenters. The maximum Gasteiger partial charge on any atom is 0.416 e. The molecule has 0 spiro atoms. The fourth-order valence-electron chi connectivity index (χ4n) is 5.40. The van der Waals surface area contributed by atoms with E-state index in [4.69, 9.17) is 0 Å². The zero-order valence-electron chi connectivity index (χ0n) is 22.7. The molecular formula is C31H34F3N3O3S. The number of nitrogens with one attached hydrogen (secondary N) is 3. The number of sulfonamides is 1. The Labute approximate surface area is 238 Å². The van der Waals surface area contributed by atoms with Crippen molar-refractivity contribution in [3.8, 4) is 0 Å². The lowest BCUT2D eigenvalue weighted by atomic mass is 9.85. The van der Waals surface area contributed by atoms with Gasteiger partial charge in [0.05, 0.1) is 22.5 Å². The van der Waals surface area contributed by atoms with Crippen LogP contribution in [0.4, 0.5) is 13.2 Å². The normalized spacial score (nSPS) is 18.8. The molecule has 218 valence electrons. The van der Waals surface area contributed by atoms with Crippen molar-refractivity contribution >= 4 is 15.9 Å². The van der Waals surface area contributed by atoms with Gasteiger partial charge in [-0.1, -0.05) is 54.6 Å². The molecule has 0 radical (unpaired) electrons. The Morgan fingerprint density at radius 3 is 2.41 bits per heavy atom. The summed E-state index contributed by atoms with van der Waals surface area (Å²) < 4.78 is 68.5. The summed E-state index contributed by atoms with van der Waals surface area (Å²) in [6.07, 6.45) is 0.125. The van der Waals surface area contributed by atoms with E-state index in [1.54, 1.807) is 30.3 Å². The molecule has 2 aliphatic rings. The topological polar surface area (TPSA) is 87.3 Å². The summed E-state index contributed by atoms with van der Waals surface area (Å²) in [5, 5.41) is 6.70. The highest BCUT2D eigenvalue weighted by Gasteiger charge is 2.33. The summed E-state index contributed by atoms with van der Waals surface area (Å²) in [4.78, 5) is 12.8. The third kappa shape index (κ3) is 7.36. The Kier molecular flexibility index (Phi) is 8.54. The highest BCUT2D eigenvalue weighted by molar-refractivity contribution is 7.89. The Morgan fingerprint density at radius 2 is 1.71 bits per heavy atom. The van der Waals surface area contributed by atoms with E-state index in [9.17, 15) is 26.4 Å². The standard InChI is InChI=1S/C31H34F3N3O3S/c1-20(35-25-14-15-25)22-13-16-27-23(17-22)9-5-12-28(27)36-30(38)19-29(21-7-3-2-4-8-21)37-41(39,40)26-11-6-10-24(18-26)31(32,33)34/h2-4,6-8,10-11,13,16-18,20,25,28-29,35,37H,5,9,12,14-15,19H2,1H3,(H,36,38)/t20-,28-,29-/m1/s1. The highest BCUT2D eigenvalue weighted by Crippen LogP contribution is 2.34. The average molecular weight is 586 g/mol. The molecule has 0 saturated heterocycles. The number of carbonyl (C=O) groups excluding carboxylic acids is 1. The van der Waals surface area contributed by atoms with Crippen LogP contribution in [0, 0.1) is 0 Å². The van der Waals surface area contributed by atoms with Gasteiger partial charge in [-0.25, -0.2) is 13.1 Å². The summed E-state index contributed by atoms with van der Waals surface area (Å²) in [6, 6.07) is 18.2. The van der Waals surface area contributed by atoms with E-state index in [1.807, 2.05) is 0 Å². The van der Waals surface area contributed by atoms with Crippen molar-refractivity contribution in [1.29, 1.82) is 0 Å². The first-order valence-electron chi connectivity index (χ1n) is 13.9. The van der Waals surface area contributed by atoms with E-state index >= 15 is 0 Å². The van der Waals surface area contributed by atoms with E-state index < -0.39 is 32.7 Å². The number of carbonyl (C=O) groups is 1. The number of benzene rings is 3. The average Bonchev–Trinajstić information content (AvgIpc) is 3.76. The van der Waals surface area contributed by atoms with E-state index in [-0.39, 0.29) is 24.4 Å². The van der Waals surface area contributed by atoms with Gasteiger partial charge in [-0.2, -0.15) is 13.2 Å². The smallest absolute Gasteiger partial charge is 0.349 e. The van der Waals surface area contributed by atoms with Crippen molar-refractivity contribution in [2.45, 2.75) is 80.7 Å². The zero-order valence-corrected chi connectivity index (χ0v) is 23.6. The first kappa shape index (κ1) is 29.3. The molecule has 2 aliphatic carbocycles. The Morgan fingerprint density at radius 1 is 0.951 bits per heavy atom. The number of halogens is 3. The van der Waals surface area contributed by atoms with Crippen LogP contribution >= 0.6 is 0 Å². The monoisotopic (exact) mass is 585 g/mol. The van der Waals surface area contributed by atoms with Crippen LogP contribution in [0.15, 0.2) is 77.7 Å². The van der Waals surface area contributed by atoms with E-state index in [2.05, 4.69) is 40.5 Å². The van der Waals surface area contributed by atoms with Gasteiger partial charge >= 0.3 is 6.18 Å². The maximum absolute atomic E-state index is 13.3. The van der Waals surface area contributed by atoms with Crippen LogP contribution in [-0.2, 0) is 27.4 Å². The summed E-state index contributed by atoms with van der Waals surface area (Å²) in [6.45, 7) is 2.16. The molecule has 0 heterocycles. The molecule has 0 aliphatic heterocycles. The van der Waals surface area contributed by atoms with E-state index in [0.717, 1.165) is 43.0 Å². The van der Waals surface area contributed by atoms with Crippen molar-refractivity contribution in [3.05, 3.63) is 101 Å². The molecule has 3 aromatic rings. The number of hydrogen-bond donors (Lipinski definition) is 3. The van der Waals surface area contributed by atoms with Crippen molar-refractivity contribution in [3.63, 3.8) is 0 Å². The van der Waals surface area contributed by atoms with Crippen molar-refractivity contribution in [1.82, 2.24) is 15.4 Å². The molecule has 6 nitrogen and oxygen atoms in total. The second kappa shape index (κ2) is 12.0. The van der Waals surface area contributed by atoms with Gasteiger partial charge < -0.3 is 10.6 Å². The van der Waals surface area contributed by atoms with Crippen molar-refractivity contribution < 1.29 is 26.4 Å². The lowest BCUT2D eigenvalue weighted by molar-refractivity contribution is -0.137. The minimum absolute atomic E-state index is 0.205. The zero-order chi connectivity index (χ0) is 29.2. The highest BCUT2D eigenvalue weighted by atomic mass is 32.2. The number of aryl methyl sites for hydroxylation is 1. The van der Waals surface area contributed by atoms with Crippen LogP contribution < -0.4 is 15.4 Å². The maximum atomic E-state index is 13.3. The second-order valence-corrected chi connectivity index (χ2v) is 12.7. The molecule has 5 rings (SSSR count). The lowest BCUT2D eigenvalue weighted by Gasteiger charge is -2.28. The van der Waals surface area contributed by atoms with E-state index in [1.165, 1.54) is 24.0 Å². The molecule has 10 heteroatoms. The van der Waals surface area contributed by atoms with Gasteiger partial charge in [0.25, 0.3) is 0 Å². The Hall–Kier alpha value is -3.21. The van der Waals surface area contributed by atoms with Crippen LogP contribution in [-0.4, -0.2) is 20.4 Å². The molecule has 41 heavy (non-hydrogen) atoms. The molecular weight excluding hydrogens is 551 g/mol. The summed E-state index contributed by atoms with van der Waals surface area (Å²) in [7, 11) is -4.37. The second-order valence-electron chi connectivity index (χ2n) is 10.9. The predicted molar refractivity (Wildman–Crippen MR) is 150 cm³/mol. The predicted octanol–water partition coefficient (Wildman–Crippen LogP) is 6.12. The van der Waals surface area contributed by atoms with Gasteiger partial charge in [-0.15, -0.1) is 0 Å². The van der Waals surface area contributed by atoms with Crippen molar-refractivity contribution in [2.75, 3.05) is 0 Å². The van der Waals surface area contributed by atoms with Crippen molar-refractivity contribution in [2.24, 2.45) is 0 Å². The quantitative estimate of drug-likeness (QED) is 0.268. The van der Waals surface area contributed by atoms with Gasteiger partial charge in [0.1, 0.15) is 0 Å². The van der Waals surface area contributed by atoms with Gasteiger partial charge in [0, 0.05) is 18.5 Å². The first-order chi connectivity index (χ1) is 19.5. The van der Waals surface area contributed by atoms with Gasteiger partial charge in [-0.3, -0.25) is 4.79 Å². The number of amides is 1. The third-order valence-corrected chi connectivity index (χ3v) is 9.21. The fourth-order valence-corrected chi connectivity index (χ4v) is 6.67. The fraction of sp³-hybridized carbons (Fsp3) is 0.387. The number of alkyl halides is 3. The molecule has 3 aromatic carbocycles. The first-order valence-corrected chi connectivity index (χ1v) is 15.4. The molecule has 0 aromatic heterocycles. The summed E-state index contributed by atoms with van der Waals surface area (Å²) >= 11 is 0. The van der Waals surface area contributed by atoms with E-state index in [0.29, 0.717) is 17.7 Å². The molecule has 1 saturated carbocycles. The molecule has 3 atom stereocenters. The molecule has 0 bridgehead atoms. The lowest BCUT2D eigenvalue weighted by Crippen LogP contribution is -2.36. The van der Waals surface area contributed by atoms with Crippen LogP contribution in [0.5, 0.6) is 0 Å². The summed E-state index contributed by atoms with van der Waals surface area (Å²) in [5.74, 6) is -0.351. The van der Waals surface area contributed by atoms with Crippen LogP contribution in [0.2, 0.25) is 0 Å². The Bertz CT molecular complexity index is 1490. The minimum Gasteiger partial charge on any atom is -0.349 e. The third-order valence-electron chi connectivity index (χ3n) is 7.74. The number of rotatable bonds is 10. The van der Waals surface area contributed by atoms with Crippen LogP contribution in [0.1, 0.15) is 85.0 Å². The molecule has 1 amide bonds. The SMILES string of the molecule is C[C@@H](NC1CC1)c1ccc2c(c1)CCC[C@H]2NC(=O)C[C@@H](NS(=O)(=O)c1cccc(C(F)(F)F)c1)c1ccccc1. The minimum atomic E-state index is -4.69. The largest absolute Gasteiger partial charge is 0.416 e. The number of fused-ring (bicyclic) bond motifs is 1. The Balaban J connectivity index is 1.32. The molecule has 1 fully saturated rings. The van der Waals surface area contributed by atoms with Gasteiger partial charge in [-0.05, 0) is 79.5 Å². The molecule has 3 N–H and O–H groups in total. The van der Waals surface area contributed by atoms with Crippen LogP contribution in [0.3, 0.4) is 0 Å². The van der Waals surface area contributed by atoms with Crippen LogP contribution in [0.25, 0.3) is 0 Å². The number of hydrogen-bond acceptors (Lipinski definition) is 4. The summed E-state index contributed by atoms with van der Waals surface area (Å²) in [5.41, 5.74) is 2.95. The van der Waals surface area contributed by atoms with Gasteiger partial charge in [0.15, 0.2) is 0 Å².